The van der Waals surface area contributed by atoms with Crippen LogP contribution in [0.15, 0.2) is 46.7 Å². The molecule has 33 heavy (non-hydrogen) atoms. The minimum Gasteiger partial charge on any atom is -0.497 e. The molecular formula is C22H23ClFN3O4S2. The molecule has 0 saturated carbocycles. The largest absolute Gasteiger partial charge is 0.497 e. The Kier molecular flexibility index (Phi) is 7.08. The van der Waals surface area contributed by atoms with E-state index in [2.05, 4.69) is 4.90 Å². The molecule has 3 aromatic rings. The van der Waals surface area contributed by atoms with Gasteiger partial charge in [-0.3, -0.25) is 0 Å². The zero-order valence-electron chi connectivity index (χ0n) is 18.1. The maximum atomic E-state index is 13.4. The van der Waals surface area contributed by atoms with Crippen LogP contribution in [0.5, 0.6) is 11.5 Å². The molecule has 1 aliphatic heterocycles. The summed E-state index contributed by atoms with van der Waals surface area (Å²) >= 11 is 7.30. The van der Waals surface area contributed by atoms with Gasteiger partial charge in [-0.05, 0) is 35.9 Å². The number of rotatable bonds is 7. The lowest BCUT2D eigenvalue weighted by Crippen LogP contribution is -2.48. The standard InChI is InChI=1S/C22H23ClFN3O4S2/c1-30-17-10-15(11-18(12-17)31-2)9-16-14-32-22(25-16)26-5-7-27(8-6-26)33(28,29)19-3-4-21(24)20(23)13-19/h3-4,10-14H,5-9H2,1-2H3. The third kappa shape index (κ3) is 5.24. The third-order valence-electron chi connectivity index (χ3n) is 5.37. The van der Waals surface area contributed by atoms with Crippen LogP contribution >= 0.6 is 22.9 Å². The highest BCUT2D eigenvalue weighted by Crippen LogP contribution is 2.28. The average molecular weight is 512 g/mol. The van der Waals surface area contributed by atoms with E-state index in [4.69, 9.17) is 26.1 Å². The lowest BCUT2D eigenvalue weighted by molar-refractivity contribution is 0.384. The topological polar surface area (TPSA) is 72.0 Å². The normalized spacial score (nSPS) is 15.0. The van der Waals surface area contributed by atoms with Crippen molar-refractivity contribution in [2.75, 3.05) is 45.3 Å². The highest BCUT2D eigenvalue weighted by Gasteiger charge is 2.30. The number of hydrogen-bond acceptors (Lipinski definition) is 7. The van der Waals surface area contributed by atoms with Gasteiger partial charge in [0.25, 0.3) is 0 Å². The van der Waals surface area contributed by atoms with Crippen molar-refractivity contribution in [2.45, 2.75) is 11.3 Å². The lowest BCUT2D eigenvalue weighted by atomic mass is 10.1. The molecule has 0 spiro atoms. The first kappa shape index (κ1) is 23.7. The van der Waals surface area contributed by atoms with Crippen LogP contribution < -0.4 is 14.4 Å². The summed E-state index contributed by atoms with van der Waals surface area (Å²) in [5, 5.41) is 2.64. The smallest absolute Gasteiger partial charge is 0.243 e. The Morgan fingerprint density at radius 3 is 2.33 bits per heavy atom. The van der Waals surface area contributed by atoms with Gasteiger partial charge in [-0.15, -0.1) is 11.3 Å². The van der Waals surface area contributed by atoms with Gasteiger partial charge in [0.05, 0.1) is 29.8 Å². The molecule has 0 amide bonds. The predicted octanol–water partition coefficient (Wildman–Crippen LogP) is 4.05. The van der Waals surface area contributed by atoms with E-state index in [1.807, 2.05) is 23.6 Å². The van der Waals surface area contributed by atoms with E-state index in [0.717, 1.165) is 40.0 Å². The zero-order valence-corrected chi connectivity index (χ0v) is 20.5. The van der Waals surface area contributed by atoms with Crippen LogP contribution in [0.3, 0.4) is 0 Å². The van der Waals surface area contributed by atoms with E-state index in [1.165, 1.54) is 21.7 Å². The number of thiazole rings is 1. The van der Waals surface area contributed by atoms with E-state index in [0.29, 0.717) is 32.6 Å². The first-order valence-electron chi connectivity index (χ1n) is 10.2. The average Bonchev–Trinajstić information content (AvgIpc) is 3.29. The molecule has 2 heterocycles. The monoisotopic (exact) mass is 511 g/mol. The molecular weight excluding hydrogens is 489 g/mol. The minimum absolute atomic E-state index is 0.00685. The summed E-state index contributed by atoms with van der Waals surface area (Å²) in [7, 11) is -0.511. The van der Waals surface area contributed by atoms with E-state index in [9.17, 15) is 12.8 Å². The number of anilines is 1. The van der Waals surface area contributed by atoms with Crippen LogP contribution in [0.2, 0.25) is 5.02 Å². The molecule has 7 nitrogen and oxygen atoms in total. The van der Waals surface area contributed by atoms with Crippen LogP contribution in [0.4, 0.5) is 9.52 Å². The summed E-state index contributed by atoms with van der Waals surface area (Å²) in [4.78, 5) is 6.81. The van der Waals surface area contributed by atoms with Crippen molar-refractivity contribution in [3.63, 3.8) is 0 Å². The number of methoxy groups -OCH3 is 2. The number of ether oxygens (including phenoxy) is 2. The maximum Gasteiger partial charge on any atom is 0.243 e. The summed E-state index contributed by atoms with van der Waals surface area (Å²) in [6.45, 7) is 1.63. The highest BCUT2D eigenvalue weighted by atomic mass is 35.5. The molecule has 176 valence electrons. The van der Waals surface area contributed by atoms with E-state index in [1.54, 1.807) is 14.2 Å². The Hall–Kier alpha value is -2.40. The van der Waals surface area contributed by atoms with E-state index >= 15 is 0 Å². The fourth-order valence-corrected chi connectivity index (χ4v) is 6.18. The third-order valence-corrected chi connectivity index (χ3v) is 8.51. The highest BCUT2D eigenvalue weighted by molar-refractivity contribution is 7.89. The van der Waals surface area contributed by atoms with Gasteiger partial charge < -0.3 is 14.4 Å². The second-order valence-corrected chi connectivity index (χ2v) is 10.7. The van der Waals surface area contributed by atoms with Crippen molar-refractivity contribution in [3.8, 4) is 11.5 Å². The lowest BCUT2D eigenvalue weighted by Gasteiger charge is -2.33. The molecule has 0 aliphatic carbocycles. The zero-order chi connectivity index (χ0) is 23.6. The van der Waals surface area contributed by atoms with Crippen molar-refractivity contribution in [1.82, 2.24) is 9.29 Å². The maximum absolute atomic E-state index is 13.4. The van der Waals surface area contributed by atoms with Crippen LogP contribution in [0.25, 0.3) is 0 Å². The molecule has 0 atom stereocenters. The first-order valence-corrected chi connectivity index (χ1v) is 12.9. The molecule has 0 radical (unpaired) electrons. The Bertz CT molecular complexity index is 1220. The van der Waals surface area contributed by atoms with E-state index < -0.39 is 15.8 Å². The number of benzene rings is 2. The predicted molar refractivity (Wildman–Crippen MR) is 127 cm³/mol. The molecule has 1 aliphatic rings. The fourth-order valence-electron chi connectivity index (χ4n) is 3.61. The van der Waals surface area contributed by atoms with Crippen molar-refractivity contribution in [2.24, 2.45) is 0 Å². The van der Waals surface area contributed by atoms with Gasteiger partial charge in [0.2, 0.25) is 10.0 Å². The molecule has 4 rings (SSSR count). The number of nitrogens with zero attached hydrogens (tertiary/aromatic N) is 3. The van der Waals surface area contributed by atoms with Crippen molar-refractivity contribution in [1.29, 1.82) is 0 Å². The minimum atomic E-state index is -3.74. The quantitative estimate of drug-likeness (QED) is 0.476. The molecule has 0 bridgehead atoms. The van der Waals surface area contributed by atoms with Gasteiger partial charge >= 0.3 is 0 Å². The first-order chi connectivity index (χ1) is 15.8. The summed E-state index contributed by atoms with van der Waals surface area (Å²) in [5.74, 6) is 0.798. The van der Waals surface area contributed by atoms with Gasteiger partial charge in [-0.2, -0.15) is 4.31 Å². The van der Waals surface area contributed by atoms with E-state index in [-0.39, 0.29) is 9.92 Å². The number of piperazine rings is 1. The second kappa shape index (κ2) is 9.84. The molecule has 11 heteroatoms. The molecule has 1 fully saturated rings. The number of halogens is 2. The van der Waals surface area contributed by atoms with Gasteiger partial charge in [-0.1, -0.05) is 11.6 Å². The van der Waals surface area contributed by atoms with Crippen molar-refractivity contribution < 1.29 is 22.3 Å². The van der Waals surface area contributed by atoms with Crippen molar-refractivity contribution in [3.05, 3.63) is 63.9 Å². The Morgan fingerprint density at radius 1 is 1.06 bits per heavy atom. The molecule has 0 unspecified atom stereocenters. The second-order valence-electron chi connectivity index (χ2n) is 7.49. The molecule has 2 aromatic carbocycles. The summed E-state index contributed by atoms with van der Waals surface area (Å²) in [5.41, 5.74) is 1.94. The number of aromatic nitrogens is 1. The number of sulfonamides is 1. The summed E-state index contributed by atoms with van der Waals surface area (Å²) in [6.07, 6.45) is 0.629. The van der Waals surface area contributed by atoms with Crippen molar-refractivity contribution >= 4 is 38.1 Å². The van der Waals surface area contributed by atoms with Gasteiger partial charge in [0, 0.05) is 44.0 Å². The van der Waals surface area contributed by atoms with Crippen LogP contribution in [0, 0.1) is 5.82 Å². The van der Waals surface area contributed by atoms with Crippen LogP contribution in [-0.2, 0) is 16.4 Å². The van der Waals surface area contributed by atoms with Crippen LogP contribution in [0.1, 0.15) is 11.3 Å². The molecule has 1 saturated heterocycles. The Morgan fingerprint density at radius 2 is 1.73 bits per heavy atom. The molecule has 0 N–H and O–H groups in total. The van der Waals surface area contributed by atoms with Gasteiger partial charge in [0.15, 0.2) is 5.13 Å². The van der Waals surface area contributed by atoms with Crippen LogP contribution in [-0.4, -0.2) is 58.1 Å². The Labute approximate surface area is 201 Å². The fraction of sp³-hybridized carbons (Fsp3) is 0.318. The Balaban J connectivity index is 1.41. The molecule has 1 aromatic heterocycles. The SMILES string of the molecule is COc1cc(Cc2csc(N3CCN(S(=O)(=O)c4ccc(F)c(Cl)c4)CC3)n2)cc(OC)c1. The van der Waals surface area contributed by atoms with Gasteiger partial charge in [0.1, 0.15) is 17.3 Å². The van der Waals surface area contributed by atoms with Gasteiger partial charge in [-0.25, -0.2) is 17.8 Å². The summed E-state index contributed by atoms with van der Waals surface area (Å²) in [6, 6.07) is 9.19. The number of hydrogen-bond donors (Lipinski definition) is 0. The summed E-state index contributed by atoms with van der Waals surface area (Å²) < 4.78 is 51.3.